The van der Waals surface area contributed by atoms with E-state index in [1.54, 1.807) is 6.07 Å². The number of nitrogens with one attached hydrogen (secondary N) is 1. The minimum Gasteiger partial charge on any atom is -0.476 e. The van der Waals surface area contributed by atoms with Crippen molar-refractivity contribution >= 4 is 33.1 Å². The molecule has 0 spiro atoms. The van der Waals surface area contributed by atoms with Crippen LogP contribution in [0.3, 0.4) is 0 Å². The summed E-state index contributed by atoms with van der Waals surface area (Å²) in [6.07, 6.45) is 0.921. The fourth-order valence-corrected chi connectivity index (χ4v) is 1.95. The van der Waals surface area contributed by atoms with Gasteiger partial charge in [-0.15, -0.1) is 0 Å². The van der Waals surface area contributed by atoms with Crippen LogP contribution in [0.1, 0.15) is 18.9 Å². The third kappa shape index (κ3) is 3.63. The van der Waals surface area contributed by atoms with Gasteiger partial charge in [-0.25, -0.2) is 0 Å². The number of aromatic nitrogens is 1. The Balaban J connectivity index is 2.18. The molecule has 5 heteroatoms. The molecule has 0 unspecified atom stereocenters. The molecule has 0 saturated carbocycles. The normalized spacial score (nSPS) is 10.3. The predicted octanol–water partition coefficient (Wildman–Crippen LogP) is 4.27. The van der Waals surface area contributed by atoms with Crippen molar-refractivity contribution < 1.29 is 4.74 Å². The lowest BCUT2D eigenvalue weighted by Crippen LogP contribution is -2.03. The third-order valence-electron chi connectivity index (χ3n) is 2.76. The Morgan fingerprint density at radius 3 is 2.80 bits per heavy atom. The van der Waals surface area contributed by atoms with Crippen molar-refractivity contribution in [2.45, 2.75) is 20.3 Å². The zero-order chi connectivity index (χ0) is 14.5. The van der Waals surface area contributed by atoms with Crippen molar-refractivity contribution in [3.05, 3.63) is 40.4 Å². The number of ether oxygens (including phenoxy) is 1. The van der Waals surface area contributed by atoms with Crippen LogP contribution in [0.4, 0.5) is 17.2 Å². The Hall–Kier alpha value is -1.75. The van der Waals surface area contributed by atoms with Crippen LogP contribution in [0, 0.1) is 6.92 Å². The molecule has 0 aliphatic carbocycles. The fraction of sp³-hybridized carbons (Fsp3) is 0.267. The SMILES string of the molecule is CCCOc1nc(Nc2ccc(Br)c(C)c2)ccc1N. The quantitative estimate of drug-likeness (QED) is 0.856. The number of hydrogen-bond acceptors (Lipinski definition) is 4. The number of rotatable bonds is 5. The van der Waals surface area contributed by atoms with E-state index in [-0.39, 0.29) is 0 Å². The molecule has 2 rings (SSSR count). The summed E-state index contributed by atoms with van der Waals surface area (Å²) < 4.78 is 6.61. The largest absolute Gasteiger partial charge is 0.476 e. The van der Waals surface area contributed by atoms with Crippen LogP contribution < -0.4 is 15.8 Å². The number of benzene rings is 1. The minimum absolute atomic E-state index is 0.477. The second kappa shape index (κ2) is 6.61. The van der Waals surface area contributed by atoms with Crippen LogP contribution >= 0.6 is 15.9 Å². The van der Waals surface area contributed by atoms with Crippen LogP contribution in [0.2, 0.25) is 0 Å². The molecule has 3 N–H and O–H groups in total. The van der Waals surface area contributed by atoms with Crippen molar-refractivity contribution in [2.24, 2.45) is 0 Å². The highest BCUT2D eigenvalue weighted by molar-refractivity contribution is 9.10. The van der Waals surface area contributed by atoms with Gasteiger partial charge in [-0.05, 0) is 49.2 Å². The first-order chi connectivity index (χ1) is 9.60. The Kier molecular flexibility index (Phi) is 4.84. The van der Waals surface area contributed by atoms with E-state index >= 15 is 0 Å². The molecule has 0 fully saturated rings. The van der Waals surface area contributed by atoms with Gasteiger partial charge in [0.15, 0.2) is 0 Å². The summed E-state index contributed by atoms with van der Waals surface area (Å²) in [4.78, 5) is 4.39. The minimum atomic E-state index is 0.477. The fourth-order valence-electron chi connectivity index (χ4n) is 1.71. The average Bonchev–Trinajstić information content (AvgIpc) is 2.43. The van der Waals surface area contributed by atoms with Crippen LogP contribution in [-0.4, -0.2) is 11.6 Å². The molecule has 0 aliphatic heterocycles. The van der Waals surface area contributed by atoms with Crippen molar-refractivity contribution in [3.8, 4) is 5.88 Å². The molecular formula is C15H18BrN3O. The summed E-state index contributed by atoms with van der Waals surface area (Å²) in [5.74, 6) is 1.19. The van der Waals surface area contributed by atoms with Gasteiger partial charge in [-0.2, -0.15) is 4.98 Å². The van der Waals surface area contributed by atoms with Crippen molar-refractivity contribution in [3.63, 3.8) is 0 Å². The summed E-state index contributed by atoms with van der Waals surface area (Å²) in [6, 6.07) is 9.68. The summed E-state index contributed by atoms with van der Waals surface area (Å²) in [7, 11) is 0. The lowest BCUT2D eigenvalue weighted by Gasteiger charge is -2.11. The monoisotopic (exact) mass is 335 g/mol. The summed E-state index contributed by atoms with van der Waals surface area (Å²) >= 11 is 3.48. The zero-order valence-corrected chi connectivity index (χ0v) is 13.2. The maximum atomic E-state index is 5.85. The maximum Gasteiger partial charge on any atom is 0.239 e. The van der Waals surface area contributed by atoms with Crippen molar-refractivity contribution in [2.75, 3.05) is 17.7 Å². The van der Waals surface area contributed by atoms with Gasteiger partial charge < -0.3 is 15.8 Å². The molecule has 20 heavy (non-hydrogen) atoms. The van der Waals surface area contributed by atoms with E-state index < -0.39 is 0 Å². The molecule has 0 bridgehead atoms. The van der Waals surface area contributed by atoms with Gasteiger partial charge in [-0.1, -0.05) is 22.9 Å². The Labute approximate surface area is 127 Å². The van der Waals surface area contributed by atoms with Crippen molar-refractivity contribution in [1.82, 2.24) is 4.98 Å². The number of nitrogen functional groups attached to an aromatic ring is 1. The Bertz CT molecular complexity index is 602. The van der Waals surface area contributed by atoms with Crippen LogP contribution in [0.25, 0.3) is 0 Å². The molecule has 1 aromatic heterocycles. The second-order valence-corrected chi connectivity index (χ2v) is 5.38. The number of nitrogens with zero attached hydrogens (tertiary/aromatic N) is 1. The topological polar surface area (TPSA) is 60.2 Å². The summed E-state index contributed by atoms with van der Waals surface area (Å²) in [6.45, 7) is 4.70. The average molecular weight is 336 g/mol. The molecule has 0 aliphatic rings. The number of pyridine rings is 1. The predicted molar refractivity (Wildman–Crippen MR) is 86.6 cm³/mol. The number of hydrogen-bond donors (Lipinski definition) is 2. The van der Waals surface area contributed by atoms with Gasteiger partial charge in [0, 0.05) is 10.2 Å². The summed E-state index contributed by atoms with van der Waals surface area (Å²) in [5, 5.41) is 3.25. The van der Waals surface area contributed by atoms with Crippen LogP contribution in [0.15, 0.2) is 34.8 Å². The van der Waals surface area contributed by atoms with Crippen LogP contribution in [-0.2, 0) is 0 Å². The van der Waals surface area contributed by atoms with Gasteiger partial charge in [0.1, 0.15) is 5.82 Å². The number of aryl methyl sites for hydroxylation is 1. The maximum absolute atomic E-state index is 5.85. The molecular weight excluding hydrogens is 318 g/mol. The lowest BCUT2D eigenvalue weighted by molar-refractivity contribution is 0.307. The second-order valence-electron chi connectivity index (χ2n) is 4.53. The van der Waals surface area contributed by atoms with Gasteiger partial charge in [0.2, 0.25) is 5.88 Å². The molecule has 0 amide bonds. The highest BCUT2D eigenvalue weighted by Crippen LogP contribution is 2.25. The van der Waals surface area contributed by atoms with E-state index in [1.165, 1.54) is 0 Å². The van der Waals surface area contributed by atoms with Gasteiger partial charge in [0.05, 0.1) is 12.3 Å². The molecule has 0 saturated heterocycles. The molecule has 1 heterocycles. The molecule has 0 atom stereocenters. The standard InChI is InChI=1S/C15H18BrN3O/c1-3-8-20-15-13(17)6-7-14(19-15)18-11-4-5-12(16)10(2)9-11/h4-7,9H,3,8,17H2,1-2H3,(H,18,19). The van der Waals surface area contributed by atoms with Gasteiger partial charge in [0.25, 0.3) is 0 Å². The first-order valence-corrected chi connectivity index (χ1v) is 7.32. The number of halogens is 1. The number of nitrogens with two attached hydrogens (primary N) is 1. The van der Waals surface area contributed by atoms with Crippen LogP contribution in [0.5, 0.6) is 5.88 Å². The first-order valence-electron chi connectivity index (χ1n) is 6.52. The lowest BCUT2D eigenvalue weighted by atomic mass is 10.2. The van der Waals surface area contributed by atoms with E-state index in [0.29, 0.717) is 24.0 Å². The van der Waals surface area contributed by atoms with E-state index in [2.05, 4.69) is 32.3 Å². The molecule has 0 radical (unpaired) electrons. The van der Waals surface area contributed by atoms with E-state index in [1.807, 2.05) is 32.0 Å². The summed E-state index contributed by atoms with van der Waals surface area (Å²) in [5.41, 5.74) is 8.53. The molecule has 1 aromatic carbocycles. The Morgan fingerprint density at radius 1 is 1.30 bits per heavy atom. The Morgan fingerprint density at radius 2 is 2.10 bits per heavy atom. The molecule has 2 aromatic rings. The highest BCUT2D eigenvalue weighted by atomic mass is 79.9. The van der Waals surface area contributed by atoms with E-state index in [9.17, 15) is 0 Å². The molecule has 106 valence electrons. The highest BCUT2D eigenvalue weighted by Gasteiger charge is 2.05. The van der Waals surface area contributed by atoms with Gasteiger partial charge in [-0.3, -0.25) is 0 Å². The zero-order valence-electron chi connectivity index (χ0n) is 11.6. The molecule has 4 nitrogen and oxygen atoms in total. The van der Waals surface area contributed by atoms with Gasteiger partial charge >= 0.3 is 0 Å². The first kappa shape index (κ1) is 14.7. The number of anilines is 3. The smallest absolute Gasteiger partial charge is 0.239 e. The van der Waals surface area contributed by atoms with Crippen molar-refractivity contribution in [1.29, 1.82) is 0 Å². The van der Waals surface area contributed by atoms with E-state index in [0.717, 1.165) is 22.1 Å². The third-order valence-corrected chi connectivity index (χ3v) is 3.65. The van der Waals surface area contributed by atoms with E-state index in [4.69, 9.17) is 10.5 Å².